The zero-order valence-electron chi connectivity index (χ0n) is 27.9. The van der Waals surface area contributed by atoms with E-state index in [1.54, 1.807) is 0 Å². The first kappa shape index (κ1) is 37.2. The van der Waals surface area contributed by atoms with Crippen LogP contribution in [0.5, 0.6) is 11.5 Å². The van der Waals surface area contributed by atoms with E-state index in [1.165, 1.54) is 29.2 Å². The highest BCUT2D eigenvalue weighted by Crippen LogP contribution is 2.44. The predicted molar refractivity (Wildman–Crippen MR) is 185 cm³/mol. The number of nitrogens with zero attached hydrogens (tertiary/aromatic N) is 4. The molecule has 0 bridgehead atoms. The van der Waals surface area contributed by atoms with Gasteiger partial charge in [0, 0.05) is 49.7 Å². The van der Waals surface area contributed by atoms with Crippen LogP contribution < -0.4 is 9.47 Å². The molecule has 0 spiro atoms. The topological polar surface area (TPSA) is 218 Å². The van der Waals surface area contributed by atoms with Gasteiger partial charge in [-0.3, -0.25) is 25.0 Å². The van der Waals surface area contributed by atoms with Crippen LogP contribution in [0.2, 0.25) is 0 Å². The summed E-state index contributed by atoms with van der Waals surface area (Å²) >= 11 is 0. The number of nitro groups is 2. The molecule has 0 atom stereocenters. The van der Waals surface area contributed by atoms with Crippen molar-refractivity contribution in [1.82, 2.24) is 9.80 Å². The van der Waals surface area contributed by atoms with Gasteiger partial charge in [0.1, 0.15) is 24.7 Å². The number of ether oxygens (including phenoxy) is 4. The van der Waals surface area contributed by atoms with Crippen molar-refractivity contribution >= 4 is 35.7 Å². The van der Waals surface area contributed by atoms with Gasteiger partial charge in [-0.2, -0.15) is 0 Å². The number of amides is 2. The number of hydrogen-bond acceptors (Lipinski definition) is 12. The number of hydrogen-bond donors (Lipinski definition) is 1. The molecule has 5 rings (SSSR count). The molecule has 17 nitrogen and oxygen atoms in total. The van der Waals surface area contributed by atoms with Crippen LogP contribution in [0.4, 0.5) is 25.8 Å². The van der Waals surface area contributed by atoms with E-state index in [0.717, 1.165) is 51.4 Å². The lowest BCUT2D eigenvalue weighted by Gasteiger charge is -2.26. The van der Waals surface area contributed by atoms with E-state index >= 15 is 0 Å². The fourth-order valence-corrected chi connectivity index (χ4v) is 5.69. The molecule has 53 heavy (non-hydrogen) atoms. The fourth-order valence-electron chi connectivity index (χ4n) is 5.69. The molecule has 274 valence electrons. The van der Waals surface area contributed by atoms with Crippen LogP contribution in [0, 0.1) is 20.2 Å². The van der Waals surface area contributed by atoms with Gasteiger partial charge >= 0.3 is 18.4 Å². The normalized spacial score (nSPS) is 11.4. The van der Waals surface area contributed by atoms with Gasteiger partial charge in [0.05, 0.1) is 22.9 Å². The lowest BCUT2D eigenvalue weighted by molar-refractivity contribution is -0.385. The molecule has 0 unspecified atom stereocenters. The minimum atomic E-state index is -1.22. The molecule has 1 aliphatic rings. The summed E-state index contributed by atoms with van der Waals surface area (Å²) in [6.45, 7) is -1.23. The number of fused-ring (bicyclic) bond motifs is 3. The van der Waals surface area contributed by atoms with Crippen molar-refractivity contribution in [2.75, 3.05) is 39.4 Å². The Bertz CT molecular complexity index is 1860. The molecule has 1 aliphatic carbocycles. The minimum absolute atomic E-state index is 0.0188. The molecule has 2 amide bonds. The minimum Gasteiger partial charge on any atom is -0.465 e. The molecule has 0 aliphatic heterocycles. The Morgan fingerprint density at radius 2 is 1.06 bits per heavy atom. The summed E-state index contributed by atoms with van der Waals surface area (Å²) in [6, 6.07) is 24.9. The largest absolute Gasteiger partial charge is 0.513 e. The first-order valence-electron chi connectivity index (χ1n) is 16.1. The maximum Gasteiger partial charge on any atom is 0.513 e. The number of nitro benzene ring substituents is 2. The molecule has 0 fully saturated rings. The molecule has 0 heterocycles. The van der Waals surface area contributed by atoms with Gasteiger partial charge in [0.25, 0.3) is 11.4 Å². The Morgan fingerprint density at radius 1 is 0.623 bits per heavy atom. The van der Waals surface area contributed by atoms with Gasteiger partial charge in [-0.1, -0.05) is 48.5 Å². The van der Waals surface area contributed by atoms with Crippen molar-refractivity contribution < 1.29 is 53.1 Å². The van der Waals surface area contributed by atoms with Gasteiger partial charge < -0.3 is 33.9 Å². The Labute approximate surface area is 301 Å². The van der Waals surface area contributed by atoms with E-state index < -0.39 is 34.2 Å². The van der Waals surface area contributed by atoms with Crippen LogP contribution in [0.3, 0.4) is 0 Å². The van der Waals surface area contributed by atoms with Gasteiger partial charge in [-0.05, 0) is 46.5 Å². The number of rotatable bonds is 15. The van der Waals surface area contributed by atoms with Crippen molar-refractivity contribution in [3.05, 3.63) is 128 Å². The molecule has 0 saturated heterocycles. The van der Waals surface area contributed by atoms with E-state index in [-0.39, 0.29) is 74.6 Å². The fraction of sp³-hybridized carbons (Fsp3) is 0.222. The summed E-state index contributed by atoms with van der Waals surface area (Å²) in [5.41, 5.74) is 3.56. The Kier molecular flexibility index (Phi) is 12.1. The third-order valence-corrected chi connectivity index (χ3v) is 8.24. The number of carboxylic acid groups (broad SMARTS) is 1. The van der Waals surface area contributed by atoms with E-state index in [2.05, 4.69) is 0 Å². The SMILES string of the molecule is O=C(OCCN(CCOC(=O)Oc1ccc([N+](=O)[O-])cc1)C(=O)CCN(CC1c2ccccc2-c2ccccc21)C(=O)O)Oc1ccc([N+](=O)[O-])cc1. The van der Waals surface area contributed by atoms with E-state index in [0.29, 0.717) is 0 Å². The standard InChI is InChI=1S/C36H32N4O13/c41-33(17-18-38(34(42)43)23-32-30-7-3-1-5-28(30)29-6-2-4-8-31(29)32)37(19-21-50-35(44)52-26-13-9-24(10-14-26)39(46)47)20-22-51-36(45)53-27-15-11-25(12-16-27)40(48)49/h1-16,32H,17-23H2,(H,42,43). The first-order valence-corrected chi connectivity index (χ1v) is 16.1. The van der Waals surface area contributed by atoms with E-state index in [1.807, 2.05) is 48.5 Å². The lowest BCUT2D eigenvalue weighted by Crippen LogP contribution is -2.41. The van der Waals surface area contributed by atoms with Gasteiger partial charge in [0.15, 0.2) is 0 Å². The molecule has 4 aromatic rings. The van der Waals surface area contributed by atoms with E-state index in [9.17, 15) is 44.5 Å². The van der Waals surface area contributed by atoms with Gasteiger partial charge in [0.2, 0.25) is 5.91 Å². The summed E-state index contributed by atoms with van der Waals surface area (Å²) in [5, 5.41) is 31.8. The Hall–Kier alpha value is -7.04. The van der Waals surface area contributed by atoms with Crippen molar-refractivity contribution in [3.8, 4) is 22.6 Å². The molecule has 1 N–H and O–H groups in total. The van der Waals surface area contributed by atoms with Crippen molar-refractivity contribution in [2.45, 2.75) is 12.3 Å². The van der Waals surface area contributed by atoms with Gasteiger partial charge in [-0.25, -0.2) is 14.4 Å². The average Bonchev–Trinajstić information content (AvgIpc) is 3.46. The molecule has 0 saturated carbocycles. The Balaban J connectivity index is 1.19. The Morgan fingerprint density at radius 3 is 1.47 bits per heavy atom. The van der Waals surface area contributed by atoms with Crippen molar-refractivity contribution in [3.63, 3.8) is 0 Å². The molecule has 17 heteroatoms. The molecular formula is C36H32N4O13. The second kappa shape index (κ2) is 17.3. The van der Waals surface area contributed by atoms with Crippen molar-refractivity contribution in [1.29, 1.82) is 0 Å². The zero-order chi connectivity index (χ0) is 37.9. The smallest absolute Gasteiger partial charge is 0.465 e. The number of non-ortho nitro benzene ring substituents is 2. The molecule has 0 aromatic heterocycles. The van der Waals surface area contributed by atoms with Crippen LogP contribution in [0.25, 0.3) is 11.1 Å². The number of carbonyl (C=O) groups is 4. The highest BCUT2D eigenvalue weighted by molar-refractivity contribution is 5.80. The average molecular weight is 729 g/mol. The molecule has 0 radical (unpaired) electrons. The zero-order valence-corrected chi connectivity index (χ0v) is 27.9. The highest BCUT2D eigenvalue weighted by Gasteiger charge is 2.31. The highest BCUT2D eigenvalue weighted by atomic mass is 16.7. The van der Waals surface area contributed by atoms with Crippen molar-refractivity contribution in [2.24, 2.45) is 0 Å². The second-order valence-electron chi connectivity index (χ2n) is 11.5. The van der Waals surface area contributed by atoms with Crippen LogP contribution >= 0.6 is 0 Å². The lowest BCUT2D eigenvalue weighted by atomic mass is 9.96. The molecular weight excluding hydrogens is 696 g/mol. The summed E-state index contributed by atoms with van der Waals surface area (Å²) in [5.74, 6) is -0.831. The third kappa shape index (κ3) is 9.81. The monoisotopic (exact) mass is 728 g/mol. The van der Waals surface area contributed by atoms with Crippen LogP contribution in [0.1, 0.15) is 23.5 Å². The number of benzene rings is 4. The number of carbonyl (C=O) groups excluding carboxylic acids is 3. The van der Waals surface area contributed by atoms with Crippen LogP contribution in [-0.2, 0) is 14.3 Å². The van der Waals surface area contributed by atoms with Crippen LogP contribution in [0.15, 0.2) is 97.1 Å². The van der Waals surface area contributed by atoms with E-state index in [4.69, 9.17) is 18.9 Å². The summed E-state index contributed by atoms with van der Waals surface area (Å²) in [4.78, 5) is 73.2. The quantitative estimate of drug-likeness (QED) is 0.0620. The molecule has 4 aromatic carbocycles. The summed E-state index contributed by atoms with van der Waals surface area (Å²) < 4.78 is 20.2. The van der Waals surface area contributed by atoms with Crippen LogP contribution in [-0.4, -0.2) is 88.5 Å². The first-order chi connectivity index (χ1) is 25.5. The maximum absolute atomic E-state index is 13.5. The summed E-state index contributed by atoms with van der Waals surface area (Å²) in [7, 11) is 0. The van der Waals surface area contributed by atoms with Gasteiger partial charge in [-0.15, -0.1) is 0 Å². The second-order valence-corrected chi connectivity index (χ2v) is 11.5. The maximum atomic E-state index is 13.5. The summed E-state index contributed by atoms with van der Waals surface area (Å²) in [6.07, 6.45) is -3.78. The third-order valence-electron chi connectivity index (χ3n) is 8.24. The predicted octanol–water partition coefficient (Wildman–Crippen LogP) is 6.25.